The number of benzene rings is 2. The van der Waals surface area contributed by atoms with Crippen LogP contribution in [0.15, 0.2) is 42.5 Å². The van der Waals surface area contributed by atoms with Crippen LogP contribution in [0.2, 0.25) is 5.02 Å². The average molecular weight is 343 g/mol. The first-order valence-corrected chi connectivity index (χ1v) is 7.72. The summed E-state index contributed by atoms with van der Waals surface area (Å²) in [5.41, 5.74) is 1.88. The number of nitrogens with zero attached hydrogens (tertiary/aromatic N) is 2. The zero-order chi connectivity index (χ0) is 17.4. The third kappa shape index (κ3) is 2.78. The van der Waals surface area contributed by atoms with Crippen LogP contribution in [0.25, 0.3) is 0 Å². The molecule has 2 aromatic carbocycles. The Balaban J connectivity index is 1.83. The Morgan fingerprint density at radius 3 is 2.50 bits per heavy atom. The normalized spacial score (nSPS) is 13.2. The fraction of sp³-hybridized carbons (Fsp3) is 0.167. The molecule has 0 saturated heterocycles. The summed E-state index contributed by atoms with van der Waals surface area (Å²) in [6, 6.07) is 11.9. The monoisotopic (exact) mass is 342 g/mol. The van der Waals surface area contributed by atoms with E-state index in [1.54, 1.807) is 30.1 Å². The Bertz CT molecular complexity index is 863. The maximum atomic E-state index is 12.6. The summed E-state index contributed by atoms with van der Waals surface area (Å²) < 4.78 is 0. The summed E-state index contributed by atoms with van der Waals surface area (Å²) in [5.74, 6) is -0.962. The lowest BCUT2D eigenvalue weighted by Crippen LogP contribution is -2.26. The molecule has 2 aromatic rings. The number of hydrogen-bond acceptors (Lipinski definition) is 3. The van der Waals surface area contributed by atoms with Crippen molar-refractivity contribution in [3.8, 4) is 0 Å². The molecule has 0 aliphatic carbocycles. The molecule has 3 amide bonds. The van der Waals surface area contributed by atoms with E-state index in [0.29, 0.717) is 22.7 Å². The van der Waals surface area contributed by atoms with E-state index in [9.17, 15) is 14.4 Å². The van der Waals surface area contributed by atoms with Crippen LogP contribution in [0.1, 0.15) is 36.6 Å². The third-order valence-corrected chi connectivity index (χ3v) is 4.23. The highest BCUT2D eigenvalue weighted by Crippen LogP contribution is 2.23. The zero-order valence-electron chi connectivity index (χ0n) is 13.2. The van der Waals surface area contributed by atoms with Crippen molar-refractivity contribution >= 4 is 29.3 Å². The number of halogens is 1. The topological polar surface area (TPSA) is 57.7 Å². The second-order valence-electron chi connectivity index (χ2n) is 5.72. The van der Waals surface area contributed by atoms with Gasteiger partial charge in [-0.2, -0.15) is 0 Å². The Kier molecular flexibility index (Phi) is 4.11. The third-order valence-electron chi connectivity index (χ3n) is 3.99. The molecule has 0 atom stereocenters. The molecule has 1 aliphatic heterocycles. The fourth-order valence-corrected chi connectivity index (χ4v) is 2.91. The van der Waals surface area contributed by atoms with Gasteiger partial charge in [-0.1, -0.05) is 23.7 Å². The highest BCUT2D eigenvalue weighted by atomic mass is 35.5. The number of imide groups is 1. The Labute approximate surface area is 144 Å². The van der Waals surface area contributed by atoms with Crippen LogP contribution in [0.3, 0.4) is 0 Å². The number of fused-ring (bicyclic) bond motifs is 1. The van der Waals surface area contributed by atoms with Crippen LogP contribution in [0.4, 0.5) is 0 Å². The molecule has 6 heteroatoms. The van der Waals surface area contributed by atoms with Crippen molar-refractivity contribution in [2.24, 2.45) is 0 Å². The molecule has 0 N–H and O–H groups in total. The number of carbonyl (C=O) groups is 3. The van der Waals surface area contributed by atoms with Gasteiger partial charge in [0, 0.05) is 31.2 Å². The molecule has 0 saturated carbocycles. The minimum Gasteiger partial charge on any atom is -0.337 e. The summed E-state index contributed by atoms with van der Waals surface area (Å²) in [6.07, 6.45) is 0. The van der Waals surface area contributed by atoms with E-state index < -0.39 is 0 Å². The lowest BCUT2D eigenvalue weighted by molar-refractivity contribution is 0.0692. The van der Waals surface area contributed by atoms with Gasteiger partial charge < -0.3 is 4.90 Å². The Morgan fingerprint density at radius 1 is 1.08 bits per heavy atom. The summed E-state index contributed by atoms with van der Waals surface area (Å²) in [5, 5.41) is 0.609. The molecular formula is C18H15ClN2O3. The quantitative estimate of drug-likeness (QED) is 0.806. The first-order valence-electron chi connectivity index (χ1n) is 7.35. The number of amides is 3. The van der Waals surface area contributed by atoms with Crippen molar-refractivity contribution in [2.75, 3.05) is 14.1 Å². The molecule has 5 nitrogen and oxygen atoms in total. The summed E-state index contributed by atoms with van der Waals surface area (Å²) in [7, 11) is 3.10. The van der Waals surface area contributed by atoms with E-state index >= 15 is 0 Å². The average Bonchev–Trinajstić information content (AvgIpc) is 2.78. The van der Waals surface area contributed by atoms with E-state index in [0.717, 1.165) is 10.5 Å². The van der Waals surface area contributed by atoms with Gasteiger partial charge in [0.05, 0.1) is 11.1 Å². The van der Waals surface area contributed by atoms with Gasteiger partial charge in [0.2, 0.25) is 0 Å². The molecule has 0 fully saturated rings. The standard InChI is InChI=1S/C18H15ClN2O3/c1-20(10-11-4-3-5-13(19)8-11)16(22)12-6-7-14-15(9-12)18(24)21(2)17(14)23/h3-9H,10H2,1-2H3. The van der Waals surface area contributed by atoms with Gasteiger partial charge in [-0.05, 0) is 35.9 Å². The smallest absolute Gasteiger partial charge is 0.261 e. The van der Waals surface area contributed by atoms with Crippen molar-refractivity contribution in [1.82, 2.24) is 9.80 Å². The number of hydrogen-bond donors (Lipinski definition) is 0. The van der Waals surface area contributed by atoms with Crippen LogP contribution < -0.4 is 0 Å². The molecule has 0 spiro atoms. The molecule has 0 aromatic heterocycles. The van der Waals surface area contributed by atoms with Gasteiger partial charge in [-0.15, -0.1) is 0 Å². The van der Waals surface area contributed by atoms with Gasteiger partial charge in [0.1, 0.15) is 0 Å². The fourth-order valence-electron chi connectivity index (χ4n) is 2.70. The molecule has 122 valence electrons. The second-order valence-corrected chi connectivity index (χ2v) is 6.16. The summed E-state index contributed by atoms with van der Waals surface area (Å²) >= 11 is 5.95. The molecule has 0 radical (unpaired) electrons. The van der Waals surface area contributed by atoms with Crippen molar-refractivity contribution in [2.45, 2.75) is 6.54 Å². The maximum Gasteiger partial charge on any atom is 0.261 e. The Hall–Kier alpha value is -2.66. The molecule has 3 rings (SSSR count). The van der Waals surface area contributed by atoms with Gasteiger partial charge in [0.15, 0.2) is 0 Å². The zero-order valence-corrected chi connectivity index (χ0v) is 14.0. The maximum absolute atomic E-state index is 12.6. The van der Waals surface area contributed by atoms with E-state index in [1.807, 2.05) is 12.1 Å². The van der Waals surface area contributed by atoms with Gasteiger partial charge in [-0.3, -0.25) is 19.3 Å². The molecule has 0 bridgehead atoms. The van der Waals surface area contributed by atoms with Crippen molar-refractivity contribution in [3.05, 3.63) is 69.7 Å². The Morgan fingerprint density at radius 2 is 1.79 bits per heavy atom. The number of carbonyl (C=O) groups excluding carboxylic acids is 3. The lowest BCUT2D eigenvalue weighted by Gasteiger charge is -2.17. The molecule has 1 heterocycles. The molecule has 24 heavy (non-hydrogen) atoms. The van der Waals surface area contributed by atoms with E-state index in [1.165, 1.54) is 19.2 Å². The summed E-state index contributed by atoms with van der Waals surface area (Å²) in [6.45, 7) is 0.392. The highest BCUT2D eigenvalue weighted by Gasteiger charge is 2.33. The van der Waals surface area contributed by atoms with Gasteiger partial charge in [0.25, 0.3) is 17.7 Å². The van der Waals surface area contributed by atoms with E-state index in [4.69, 9.17) is 11.6 Å². The van der Waals surface area contributed by atoms with Gasteiger partial charge >= 0.3 is 0 Å². The lowest BCUT2D eigenvalue weighted by atomic mass is 10.0. The largest absolute Gasteiger partial charge is 0.337 e. The van der Waals surface area contributed by atoms with Gasteiger partial charge in [-0.25, -0.2) is 0 Å². The SMILES string of the molecule is CN(Cc1cccc(Cl)c1)C(=O)c1ccc2c(c1)C(=O)N(C)C2=O. The van der Waals surface area contributed by atoms with Crippen molar-refractivity contribution in [1.29, 1.82) is 0 Å². The summed E-state index contributed by atoms with van der Waals surface area (Å²) in [4.78, 5) is 39.1. The van der Waals surface area contributed by atoms with Crippen LogP contribution in [-0.2, 0) is 6.54 Å². The first-order chi connectivity index (χ1) is 11.4. The van der Waals surface area contributed by atoms with E-state index in [-0.39, 0.29) is 23.3 Å². The van der Waals surface area contributed by atoms with Crippen LogP contribution >= 0.6 is 11.6 Å². The highest BCUT2D eigenvalue weighted by molar-refractivity contribution is 6.30. The first kappa shape index (κ1) is 16.2. The van der Waals surface area contributed by atoms with Crippen molar-refractivity contribution < 1.29 is 14.4 Å². The predicted molar refractivity (Wildman–Crippen MR) is 90.1 cm³/mol. The van der Waals surface area contributed by atoms with E-state index in [2.05, 4.69) is 0 Å². The number of rotatable bonds is 3. The van der Waals surface area contributed by atoms with Crippen LogP contribution in [-0.4, -0.2) is 41.6 Å². The van der Waals surface area contributed by atoms with Crippen LogP contribution in [0.5, 0.6) is 0 Å². The second kappa shape index (κ2) is 6.09. The molecule has 0 unspecified atom stereocenters. The van der Waals surface area contributed by atoms with Crippen LogP contribution in [0, 0.1) is 0 Å². The predicted octanol–water partition coefficient (Wildman–Crippen LogP) is 2.84. The molecule has 1 aliphatic rings. The minimum absolute atomic E-state index is 0.229. The van der Waals surface area contributed by atoms with Crippen molar-refractivity contribution in [3.63, 3.8) is 0 Å². The molecular weight excluding hydrogens is 328 g/mol. The minimum atomic E-state index is -0.387.